The van der Waals surface area contributed by atoms with Crippen LogP contribution in [0.2, 0.25) is 0 Å². The zero-order valence-electron chi connectivity index (χ0n) is 17.1. The van der Waals surface area contributed by atoms with Gasteiger partial charge in [-0.15, -0.1) is 0 Å². The Morgan fingerprint density at radius 2 is 1.97 bits per heavy atom. The Hall–Kier alpha value is -3.79. The average Bonchev–Trinajstić information content (AvgIpc) is 3.38. The second-order valence-electron chi connectivity index (χ2n) is 7.45. The van der Waals surface area contributed by atoms with Crippen LogP contribution in [0.25, 0.3) is 21.5 Å². The molecule has 2 aromatic heterocycles. The maximum Gasteiger partial charge on any atom is 0.326 e. The van der Waals surface area contributed by atoms with Crippen molar-refractivity contribution in [2.75, 3.05) is 5.32 Å². The number of rotatable bonds is 7. The van der Waals surface area contributed by atoms with Crippen molar-refractivity contribution in [3.8, 4) is 11.3 Å². The molecule has 164 valence electrons. The van der Waals surface area contributed by atoms with Gasteiger partial charge in [0, 0.05) is 17.3 Å². The Balaban J connectivity index is 1.51. The number of amides is 1. The van der Waals surface area contributed by atoms with E-state index < -0.39 is 17.9 Å². The normalized spacial score (nSPS) is 12.1. The largest absolute Gasteiger partial charge is 0.480 e. The summed E-state index contributed by atoms with van der Waals surface area (Å²) in [6, 6.07) is 12.1. The van der Waals surface area contributed by atoms with Crippen LogP contribution in [0.4, 0.5) is 15.2 Å². The Labute approximate surface area is 186 Å². The number of thiazole rings is 1. The van der Waals surface area contributed by atoms with Crippen LogP contribution >= 0.6 is 11.3 Å². The van der Waals surface area contributed by atoms with Gasteiger partial charge in [0.05, 0.1) is 10.2 Å². The fourth-order valence-electron chi connectivity index (χ4n) is 3.08. The predicted octanol–water partition coefficient (Wildman–Crippen LogP) is 4.67. The number of carboxylic acid groups (broad SMARTS) is 1. The molecule has 0 bridgehead atoms. The summed E-state index contributed by atoms with van der Waals surface area (Å²) in [5, 5.41) is 19.4. The van der Waals surface area contributed by atoms with Crippen LogP contribution in [0.5, 0.6) is 0 Å². The van der Waals surface area contributed by atoms with Gasteiger partial charge >= 0.3 is 5.97 Å². The summed E-state index contributed by atoms with van der Waals surface area (Å²) in [5.41, 5.74) is 2.52. The third kappa shape index (κ3) is 4.59. The van der Waals surface area contributed by atoms with E-state index in [0.29, 0.717) is 21.9 Å². The number of aliphatic carboxylic acids is 1. The van der Waals surface area contributed by atoms with E-state index in [-0.39, 0.29) is 17.5 Å². The zero-order chi connectivity index (χ0) is 22.8. The Kier molecular flexibility index (Phi) is 5.87. The van der Waals surface area contributed by atoms with Crippen LogP contribution < -0.4 is 10.6 Å². The lowest BCUT2D eigenvalue weighted by atomic mass is 10.0. The fourth-order valence-corrected chi connectivity index (χ4v) is 3.99. The quantitative estimate of drug-likeness (QED) is 0.371. The summed E-state index contributed by atoms with van der Waals surface area (Å²) >= 11 is 1.33. The number of fused-ring (bicyclic) bond motifs is 1. The Morgan fingerprint density at radius 3 is 2.72 bits per heavy atom. The molecule has 0 saturated carbocycles. The summed E-state index contributed by atoms with van der Waals surface area (Å²) in [5.74, 6) is -2.46. The summed E-state index contributed by atoms with van der Waals surface area (Å²) in [7, 11) is 0. The molecule has 4 rings (SSSR count). The monoisotopic (exact) mass is 454 g/mol. The summed E-state index contributed by atoms with van der Waals surface area (Å²) < 4.78 is 19.3. The molecule has 3 N–H and O–H groups in total. The maximum absolute atomic E-state index is 13.4. The first-order chi connectivity index (χ1) is 15.3. The SMILES string of the molecule is CC(C)C(NC(=O)c1cc(-c2cccc(Nc3nc4ccc(F)cc4s3)c2)no1)C(=O)O. The molecule has 4 aromatic rings. The van der Waals surface area contributed by atoms with E-state index in [4.69, 9.17) is 4.52 Å². The number of aromatic nitrogens is 2. The van der Waals surface area contributed by atoms with Crippen LogP contribution in [-0.2, 0) is 4.79 Å². The maximum atomic E-state index is 13.4. The second-order valence-corrected chi connectivity index (χ2v) is 8.48. The standard InChI is InChI=1S/C22H19FN4O4S/c1-11(2)19(21(29)30)26-20(28)17-10-16(27-31-17)12-4-3-5-14(8-12)24-22-25-15-7-6-13(23)9-18(15)32-22/h3-11,19H,1-2H3,(H,24,25)(H,26,28)(H,29,30). The molecule has 0 radical (unpaired) electrons. The summed E-state index contributed by atoms with van der Waals surface area (Å²) in [4.78, 5) is 28.1. The number of carbonyl (C=O) groups is 2. The fraction of sp³-hybridized carbons (Fsp3) is 0.182. The van der Waals surface area contributed by atoms with Gasteiger partial charge in [0.2, 0.25) is 5.76 Å². The molecule has 1 unspecified atom stereocenters. The predicted molar refractivity (Wildman–Crippen MR) is 119 cm³/mol. The van der Waals surface area contributed by atoms with Gasteiger partial charge < -0.3 is 20.3 Å². The smallest absolute Gasteiger partial charge is 0.326 e. The number of hydrogen-bond acceptors (Lipinski definition) is 7. The van der Waals surface area contributed by atoms with Crippen molar-refractivity contribution in [2.24, 2.45) is 5.92 Å². The van der Waals surface area contributed by atoms with Crippen molar-refractivity contribution in [3.63, 3.8) is 0 Å². The number of nitrogens with one attached hydrogen (secondary N) is 2. The summed E-state index contributed by atoms with van der Waals surface area (Å²) in [6.45, 7) is 3.40. The van der Waals surface area contributed by atoms with Crippen LogP contribution in [0.3, 0.4) is 0 Å². The van der Waals surface area contributed by atoms with E-state index in [9.17, 15) is 19.1 Å². The minimum absolute atomic E-state index is 0.0848. The molecule has 0 fully saturated rings. The molecular formula is C22H19FN4O4S. The molecule has 0 aliphatic rings. The first kappa shape index (κ1) is 21.4. The highest BCUT2D eigenvalue weighted by molar-refractivity contribution is 7.22. The molecule has 32 heavy (non-hydrogen) atoms. The number of anilines is 2. The van der Waals surface area contributed by atoms with Crippen molar-refractivity contribution in [1.29, 1.82) is 0 Å². The van der Waals surface area contributed by atoms with Gasteiger partial charge in [0.15, 0.2) is 5.13 Å². The van der Waals surface area contributed by atoms with Crippen LogP contribution in [0.15, 0.2) is 53.1 Å². The van der Waals surface area contributed by atoms with Gasteiger partial charge in [-0.25, -0.2) is 14.2 Å². The third-order valence-corrected chi connectivity index (χ3v) is 5.65. The van der Waals surface area contributed by atoms with Gasteiger partial charge in [-0.1, -0.05) is 42.5 Å². The van der Waals surface area contributed by atoms with Gasteiger partial charge in [0.25, 0.3) is 5.91 Å². The average molecular weight is 454 g/mol. The lowest BCUT2D eigenvalue weighted by Gasteiger charge is -2.16. The number of benzene rings is 2. The zero-order valence-corrected chi connectivity index (χ0v) is 17.9. The van der Waals surface area contributed by atoms with E-state index in [1.807, 2.05) is 6.07 Å². The van der Waals surface area contributed by atoms with Gasteiger partial charge in [-0.2, -0.15) is 0 Å². The van der Waals surface area contributed by atoms with Crippen LogP contribution in [0.1, 0.15) is 24.4 Å². The van der Waals surface area contributed by atoms with Gasteiger partial charge in [-0.3, -0.25) is 4.79 Å². The molecule has 1 atom stereocenters. The highest BCUT2D eigenvalue weighted by atomic mass is 32.1. The first-order valence-electron chi connectivity index (χ1n) is 9.74. The molecule has 0 saturated heterocycles. The van der Waals surface area contributed by atoms with Gasteiger partial charge in [-0.05, 0) is 36.2 Å². The number of nitrogens with zero attached hydrogens (tertiary/aromatic N) is 2. The molecule has 1 amide bonds. The van der Waals surface area contributed by atoms with Crippen molar-refractivity contribution < 1.29 is 23.6 Å². The van der Waals surface area contributed by atoms with Crippen molar-refractivity contribution in [1.82, 2.24) is 15.5 Å². The molecule has 2 aromatic carbocycles. The number of hydrogen-bond donors (Lipinski definition) is 3. The van der Waals surface area contributed by atoms with E-state index in [2.05, 4.69) is 20.8 Å². The molecular weight excluding hydrogens is 435 g/mol. The number of carboxylic acids is 1. The number of halogens is 1. The number of carbonyl (C=O) groups excluding carboxylic acids is 1. The van der Waals surface area contributed by atoms with Crippen molar-refractivity contribution in [2.45, 2.75) is 19.9 Å². The van der Waals surface area contributed by atoms with Crippen molar-refractivity contribution >= 4 is 44.2 Å². The summed E-state index contributed by atoms with van der Waals surface area (Å²) in [6.07, 6.45) is 0. The topological polar surface area (TPSA) is 117 Å². The highest BCUT2D eigenvalue weighted by Gasteiger charge is 2.26. The minimum Gasteiger partial charge on any atom is -0.480 e. The molecule has 0 spiro atoms. The van der Waals surface area contributed by atoms with E-state index in [0.717, 1.165) is 10.4 Å². The first-order valence-corrected chi connectivity index (χ1v) is 10.6. The lowest BCUT2D eigenvalue weighted by molar-refractivity contribution is -0.140. The minimum atomic E-state index is -1.12. The van der Waals surface area contributed by atoms with Crippen LogP contribution in [0, 0.1) is 11.7 Å². The van der Waals surface area contributed by atoms with Crippen LogP contribution in [-0.4, -0.2) is 33.2 Å². The van der Waals surface area contributed by atoms with E-state index in [1.54, 1.807) is 38.1 Å². The van der Waals surface area contributed by atoms with Gasteiger partial charge in [0.1, 0.15) is 17.6 Å². The lowest BCUT2D eigenvalue weighted by Crippen LogP contribution is -2.44. The molecule has 0 aliphatic carbocycles. The Bertz CT molecular complexity index is 1300. The van der Waals surface area contributed by atoms with Crippen molar-refractivity contribution in [3.05, 3.63) is 60.1 Å². The molecule has 10 heteroatoms. The highest BCUT2D eigenvalue weighted by Crippen LogP contribution is 2.30. The third-order valence-electron chi connectivity index (χ3n) is 4.71. The molecule has 8 nitrogen and oxygen atoms in total. The Morgan fingerprint density at radius 1 is 1.16 bits per heavy atom. The van der Waals surface area contributed by atoms with E-state index in [1.165, 1.54) is 29.5 Å². The second kappa shape index (κ2) is 8.75. The molecule has 0 aliphatic heterocycles. The molecule has 2 heterocycles. The van der Waals surface area contributed by atoms with E-state index >= 15 is 0 Å².